The number of amides is 2. The highest BCUT2D eigenvalue weighted by Gasteiger charge is 2.39. The average molecular weight is 426 g/mol. The molecule has 1 N–H and O–H groups in total. The Balaban J connectivity index is 1.99. The molecule has 0 saturated heterocycles. The molecular weight excluding hydrogens is 412 g/mol. The maximum Gasteiger partial charge on any atom is 0.268 e. The van der Waals surface area contributed by atoms with Gasteiger partial charge in [0.2, 0.25) is 0 Å². The number of carbonyl (C=O) groups excluding carboxylic acids is 2. The van der Waals surface area contributed by atoms with Crippen molar-refractivity contribution in [1.29, 1.82) is 0 Å². The summed E-state index contributed by atoms with van der Waals surface area (Å²) in [6, 6.07) is 10.3. The van der Waals surface area contributed by atoms with Crippen molar-refractivity contribution in [3.8, 4) is 0 Å². The zero-order valence-corrected chi connectivity index (χ0v) is 16.2. The van der Waals surface area contributed by atoms with Crippen molar-refractivity contribution in [2.75, 3.05) is 12.4 Å². The molecule has 0 fully saturated rings. The number of aliphatic hydroxyl groups is 1. The molecule has 0 atom stereocenters. The average Bonchev–Trinajstić information content (AvgIpc) is 2.86. The lowest BCUT2D eigenvalue weighted by Gasteiger charge is -2.15. The van der Waals surface area contributed by atoms with E-state index < -0.39 is 17.6 Å². The first-order chi connectivity index (χ1) is 12.9. The molecule has 27 heavy (non-hydrogen) atoms. The predicted molar refractivity (Wildman–Crippen MR) is 105 cm³/mol. The Bertz CT molecular complexity index is 931. The number of halogens is 3. The number of hydrogen-bond donors (Lipinski definition) is 1. The maximum atomic E-state index is 13.1. The van der Waals surface area contributed by atoms with Gasteiger partial charge in [-0.2, -0.15) is 0 Å². The minimum absolute atomic E-state index is 0.00976. The Morgan fingerprint density at radius 2 is 1.74 bits per heavy atom. The van der Waals surface area contributed by atoms with Crippen LogP contribution in [0.5, 0.6) is 0 Å². The van der Waals surface area contributed by atoms with E-state index in [2.05, 4.69) is 0 Å². The van der Waals surface area contributed by atoms with Gasteiger partial charge in [-0.05, 0) is 29.8 Å². The standard InChI is InChI=1S/C19H14Cl2FNO3S/c20-12-3-6-14(15(21)9-12)16-17(27-8-7-24)19(26)23(18(16)25)10-11-1-4-13(22)5-2-11/h1-6,9,24H,7-8,10H2. The van der Waals surface area contributed by atoms with Crippen molar-refractivity contribution in [1.82, 2.24) is 4.90 Å². The summed E-state index contributed by atoms with van der Waals surface area (Å²) in [4.78, 5) is 27.2. The summed E-state index contributed by atoms with van der Waals surface area (Å²) < 4.78 is 13.1. The van der Waals surface area contributed by atoms with E-state index in [0.717, 1.165) is 16.7 Å². The normalized spacial score (nSPS) is 14.4. The number of thioether (sulfide) groups is 1. The molecule has 4 nitrogen and oxygen atoms in total. The van der Waals surface area contributed by atoms with Gasteiger partial charge in [0.05, 0.1) is 28.7 Å². The highest BCUT2D eigenvalue weighted by molar-refractivity contribution is 8.04. The largest absolute Gasteiger partial charge is 0.396 e. The number of benzene rings is 2. The molecule has 0 spiro atoms. The zero-order valence-electron chi connectivity index (χ0n) is 13.9. The Morgan fingerprint density at radius 3 is 2.37 bits per heavy atom. The number of carbonyl (C=O) groups is 2. The minimum atomic E-state index is -0.492. The van der Waals surface area contributed by atoms with Crippen LogP contribution in [-0.2, 0) is 16.1 Å². The van der Waals surface area contributed by atoms with Crippen molar-refractivity contribution in [2.45, 2.75) is 6.54 Å². The van der Waals surface area contributed by atoms with Crippen LogP contribution in [0.15, 0.2) is 47.4 Å². The summed E-state index contributed by atoms with van der Waals surface area (Å²) in [5.41, 5.74) is 1.21. The molecule has 0 aromatic heterocycles. The molecule has 2 amide bonds. The van der Waals surface area contributed by atoms with Gasteiger partial charge in [0.25, 0.3) is 11.8 Å². The summed E-state index contributed by atoms with van der Waals surface area (Å²) in [5.74, 6) is -1.10. The second kappa shape index (κ2) is 8.44. The fraction of sp³-hybridized carbons (Fsp3) is 0.158. The van der Waals surface area contributed by atoms with E-state index in [1.807, 2.05) is 0 Å². The summed E-state index contributed by atoms with van der Waals surface area (Å²) >= 11 is 13.3. The molecule has 8 heteroatoms. The van der Waals surface area contributed by atoms with Crippen molar-refractivity contribution < 1.29 is 19.1 Å². The van der Waals surface area contributed by atoms with Crippen LogP contribution in [0, 0.1) is 5.82 Å². The Labute approximate surface area is 169 Å². The lowest BCUT2D eigenvalue weighted by Crippen LogP contribution is -2.31. The van der Waals surface area contributed by atoms with E-state index in [1.165, 1.54) is 30.3 Å². The highest BCUT2D eigenvalue weighted by atomic mass is 35.5. The zero-order chi connectivity index (χ0) is 19.6. The third-order valence-electron chi connectivity index (χ3n) is 3.92. The molecule has 0 unspecified atom stereocenters. The third kappa shape index (κ3) is 4.19. The molecule has 0 bridgehead atoms. The van der Waals surface area contributed by atoms with Crippen LogP contribution in [0.2, 0.25) is 10.0 Å². The molecular formula is C19H14Cl2FNO3S. The Morgan fingerprint density at radius 1 is 1.04 bits per heavy atom. The second-order valence-corrected chi connectivity index (χ2v) is 7.67. The van der Waals surface area contributed by atoms with E-state index in [-0.39, 0.29) is 34.4 Å². The number of aliphatic hydroxyl groups excluding tert-OH is 1. The van der Waals surface area contributed by atoms with Gasteiger partial charge in [-0.25, -0.2) is 4.39 Å². The second-order valence-electron chi connectivity index (χ2n) is 5.72. The number of rotatable bonds is 6. The van der Waals surface area contributed by atoms with Crippen molar-refractivity contribution in [2.24, 2.45) is 0 Å². The van der Waals surface area contributed by atoms with Gasteiger partial charge in [0.1, 0.15) is 5.82 Å². The van der Waals surface area contributed by atoms with Gasteiger partial charge in [-0.1, -0.05) is 41.4 Å². The lowest BCUT2D eigenvalue weighted by atomic mass is 10.1. The smallest absolute Gasteiger partial charge is 0.268 e. The quantitative estimate of drug-likeness (QED) is 0.706. The van der Waals surface area contributed by atoms with Crippen LogP contribution in [0.4, 0.5) is 4.39 Å². The highest BCUT2D eigenvalue weighted by Crippen LogP contribution is 2.39. The summed E-state index contributed by atoms with van der Waals surface area (Å²) in [6.45, 7) is -0.134. The molecule has 2 aromatic carbocycles. The molecule has 0 radical (unpaired) electrons. The van der Waals surface area contributed by atoms with Crippen LogP contribution >= 0.6 is 35.0 Å². The fourth-order valence-corrected chi connectivity index (χ4v) is 4.05. The molecule has 0 aliphatic carbocycles. The van der Waals surface area contributed by atoms with Crippen LogP contribution in [0.1, 0.15) is 11.1 Å². The van der Waals surface area contributed by atoms with Gasteiger partial charge < -0.3 is 5.11 Å². The fourth-order valence-electron chi connectivity index (χ4n) is 2.68. The Kier molecular flexibility index (Phi) is 6.22. The Hall–Kier alpha value is -1.86. The summed E-state index contributed by atoms with van der Waals surface area (Å²) in [6.07, 6.45) is 0. The lowest BCUT2D eigenvalue weighted by molar-refractivity contribution is -0.137. The topological polar surface area (TPSA) is 57.6 Å². The van der Waals surface area contributed by atoms with Gasteiger partial charge in [-0.15, -0.1) is 11.8 Å². The van der Waals surface area contributed by atoms with Crippen LogP contribution in [0.25, 0.3) is 5.57 Å². The van der Waals surface area contributed by atoms with E-state index in [1.54, 1.807) is 12.1 Å². The van der Waals surface area contributed by atoms with E-state index in [9.17, 15) is 14.0 Å². The summed E-state index contributed by atoms with van der Waals surface area (Å²) in [5, 5.41) is 9.79. The van der Waals surface area contributed by atoms with E-state index in [0.29, 0.717) is 16.1 Å². The van der Waals surface area contributed by atoms with Gasteiger partial charge in [-0.3, -0.25) is 14.5 Å². The number of imide groups is 1. The molecule has 3 rings (SSSR count). The SMILES string of the molecule is O=C1C(SCCO)=C(c2ccc(Cl)cc2Cl)C(=O)N1Cc1ccc(F)cc1. The number of nitrogens with zero attached hydrogens (tertiary/aromatic N) is 1. The first kappa shape index (κ1) is 19.9. The van der Waals surface area contributed by atoms with Crippen LogP contribution < -0.4 is 0 Å². The van der Waals surface area contributed by atoms with Gasteiger partial charge in [0, 0.05) is 16.3 Å². The molecule has 140 valence electrons. The van der Waals surface area contributed by atoms with E-state index in [4.69, 9.17) is 28.3 Å². The first-order valence-electron chi connectivity index (χ1n) is 7.96. The predicted octanol–water partition coefficient (Wildman–Crippen LogP) is 4.14. The maximum absolute atomic E-state index is 13.1. The molecule has 1 aliphatic rings. The molecule has 1 heterocycles. The number of hydrogen-bond acceptors (Lipinski definition) is 4. The van der Waals surface area contributed by atoms with Gasteiger partial charge >= 0.3 is 0 Å². The van der Waals surface area contributed by atoms with Crippen molar-refractivity contribution >= 4 is 52.4 Å². The van der Waals surface area contributed by atoms with Crippen LogP contribution in [-0.4, -0.2) is 34.2 Å². The summed E-state index contributed by atoms with van der Waals surface area (Å²) in [7, 11) is 0. The molecule has 1 aliphatic heterocycles. The third-order valence-corrected chi connectivity index (χ3v) is 5.52. The monoisotopic (exact) mass is 425 g/mol. The minimum Gasteiger partial charge on any atom is -0.396 e. The molecule has 2 aromatic rings. The van der Waals surface area contributed by atoms with Gasteiger partial charge in [0.15, 0.2) is 0 Å². The molecule has 0 saturated carbocycles. The van der Waals surface area contributed by atoms with Crippen molar-refractivity contribution in [3.05, 3.63) is 74.4 Å². The van der Waals surface area contributed by atoms with Crippen molar-refractivity contribution in [3.63, 3.8) is 0 Å². The first-order valence-corrected chi connectivity index (χ1v) is 9.70. The van der Waals surface area contributed by atoms with E-state index >= 15 is 0 Å². The van der Waals surface area contributed by atoms with Crippen LogP contribution in [0.3, 0.4) is 0 Å².